The molecule has 0 aliphatic heterocycles. The number of benzene rings is 1. The van der Waals surface area contributed by atoms with Crippen molar-refractivity contribution in [1.29, 1.82) is 0 Å². The largest absolute Gasteiger partial charge is 0.496 e. The predicted octanol–water partition coefficient (Wildman–Crippen LogP) is 5.10. The molecule has 1 aromatic carbocycles. The molecule has 1 aliphatic carbocycles. The van der Waals surface area contributed by atoms with Crippen LogP contribution in [0.15, 0.2) is 24.3 Å². The molecular formula is C20H28O3. The molecule has 0 amide bonds. The second-order valence-electron chi connectivity index (χ2n) is 7.16. The molecule has 0 bridgehead atoms. The fourth-order valence-corrected chi connectivity index (χ4v) is 3.17. The lowest BCUT2D eigenvalue weighted by Crippen LogP contribution is -2.22. The van der Waals surface area contributed by atoms with Crippen molar-refractivity contribution in [2.24, 2.45) is 0 Å². The van der Waals surface area contributed by atoms with Gasteiger partial charge < -0.3 is 9.47 Å². The summed E-state index contributed by atoms with van der Waals surface area (Å²) in [6.45, 7) is 5.61. The number of methoxy groups -OCH3 is 1. The van der Waals surface area contributed by atoms with Crippen LogP contribution in [0.3, 0.4) is 0 Å². The zero-order valence-corrected chi connectivity index (χ0v) is 14.7. The molecule has 0 radical (unpaired) electrons. The number of rotatable bonds is 4. The molecule has 0 atom stereocenters. The van der Waals surface area contributed by atoms with Gasteiger partial charge in [0.1, 0.15) is 11.4 Å². The van der Waals surface area contributed by atoms with Crippen LogP contribution < -0.4 is 4.74 Å². The molecule has 3 nitrogen and oxygen atoms in total. The van der Waals surface area contributed by atoms with E-state index in [9.17, 15) is 4.79 Å². The van der Waals surface area contributed by atoms with Gasteiger partial charge in [0.05, 0.1) is 7.11 Å². The van der Waals surface area contributed by atoms with Crippen LogP contribution in [0.1, 0.15) is 69.9 Å². The van der Waals surface area contributed by atoms with E-state index in [2.05, 4.69) is 6.07 Å². The molecule has 0 spiro atoms. The molecule has 0 saturated heterocycles. The van der Waals surface area contributed by atoms with Gasteiger partial charge in [-0.3, -0.25) is 0 Å². The van der Waals surface area contributed by atoms with Crippen LogP contribution >= 0.6 is 0 Å². The first kappa shape index (κ1) is 17.6. The molecule has 23 heavy (non-hydrogen) atoms. The van der Waals surface area contributed by atoms with Gasteiger partial charge in [-0.05, 0) is 57.2 Å². The van der Waals surface area contributed by atoms with E-state index < -0.39 is 5.60 Å². The standard InChI is InChI=1S/C20H28O3/c1-20(2,3)23-19(21)14-13-17-16(11-8-12-18(17)22-4)15-9-6-5-7-10-15/h8,11-15H,5-7,9-10H2,1-4H3/b14-13+. The van der Waals surface area contributed by atoms with Gasteiger partial charge in [-0.25, -0.2) is 4.79 Å². The van der Waals surface area contributed by atoms with Gasteiger partial charge in [-0.1, -0.05) is 31.4 Å². The van der Waals surface area contributed by atoms with Gasteiger partial charge in [0, 0.05) is 11.6 Å². The molecule has 0 heterocycles. The summed E-state index contributed by atoms with van der Waals surface area (Å²) in [6.07, 6.45) is 9.64. The molecular weight excluding hydrogens is 288 g/mol. The van der Waals surface area contributed by atoms with Crippen molar-refractivity contribution >= 4 is 12.0 Å². The Kier molecular flexibility index (Phi) is 5.86. The van der Waals surface area contributed by atoms with Crippen LogP contribution in [0.4, 0.5) is 0 Å². The van der Waals surface area contributed by atoms with Crippen LogP contribution in [-0.2, 0) is 9.53 Å². The maximum Gasteiger partial charge on any atom is 0.331 e. The van der Waals surface area contributed by atoms with Gasteiger partial charge in [-0.2, -0.15) is 0 Å². The topological polar surface area (TPSA) is 35.5 Å². The smallest absolute Gasteiger partial charge is 0.331 e. The van der Waals surface area contributed by atoms with Crippen molar-refractivity contribution in [2.45, 2.75) is 64.4 Å². The Morgan fingerprint density at radius 1 is 1.17 bits per heavy atom. The van der Waals surface area contributed by atoms with Gasteiger partial charge in [-0.15, -0.1) is 0 Å². The monoisotopic (exact) mass is 316 g/mol. The Labute approximate surface area is 139 Å². The summed E-state index contributed by atoms with van der Waals surface area (Å²) in [6, 6.07) is 6.14. The zero-order valence-electron chi connectivity index (χ0n) is 14.7. The minimum Gasteiger partial charge on any atom is -0.496 e. The lowest BCUT2D eigenvalue weighted by Gasteiger charge is -2.24. The fourth-order valence-electron chi connectivity index (χ4n) is 3.17. The first-order valence-electron chi connectivity index (χ1n) is 8.48. The molecule has 126 valence electrons. The normalized spacial score (nSPS) is 16.5. The third kappa shape index (κ3) is 5.12. The molecule has 3 heteroatoms. The van der Waals surface area contributed by atoms with Crippen molar-refractivity contribution in [3.63, 3.8) is 0 Å². The van der Waals surface area contributed by atoms with Crippen LogP contribution in [0.25, 0.3) is 6.08 Å². The summed E-state index contributed by atoms with van der Waals surface area (Å²) in [5.41, 5.74) is 1.81. The van der Waals surface area contributed by atoms with Crippen LogP contribution in [0.2, 0.25) is 0 Å². The lowest BCUT2D eigenvalue weighted by molar-refractivity contribution is -0.148. The van der Waals surface area contributed by atoms with Crippen LogP contribution in [-0.4, -0.2) is 18.7 Å². The summed E-state index contributed by atoms with van der Waals surface area (Å²) < 4.78 is 10.9. The number of hydrogen-bond donors (Lipinski definition) is 0. The second kappa shape index (κ2) is 7.67. The van der Waals surface area contributed by atoms with E-state index in [0.29, 0.717) is 5.92 Å². The Balaban J connectivity index is 2.26. The average Bonchev–Trinajstić information content (AvgIpc) is 2.51. The predicted molar refractivity (Wildman–Crippen MR) is 93.7 cm³/mol. The van der Waals surface area contributed by atoms with Gasteiger partial charge in [0.25, 0.3) is 0 Å². The molecule has 0 N–H and O–H groups in total. The lowest BCUT2D eigenvalue weighted by atomic mass is 9.82. The number of ether oxygens (including phenoxy) is 2. The fraction of sp³-hybridized carbons (Fsp3) is 0.550. The third-order valence-electron chi connectivity index (χ3n) is 4.16. The van der Waals surface area contributed by atoms with Crippen molar-refractivity contribution in [3.8, 4) is 5.75 Å². The van der Waals surface area contributed by atoms with Crippen molar-refractivity contribution < 1.29 is 14.3 Å². The Bertz CT molecular complexity index is 561. The van der Waals surface area contributed by atoms with Crippen LogP contribution in [0, 0.1) is 0 Å². The number of carbonyl (C=O) groups is 1. The molecule has 0 aromatic heterocycles. The third-order valence-corrected chi connectivity index (χ3v) is 4.16. The summed E-state index contributed by atoms with van der Waals surface area (Å²) in [5.74, 6) is 1.04. The van der Waals surface area contributed by atoms with E-state index in [4.69, 9.17) is 9.47 Å². The SMILES string of the molecule is COc1cccc(C2CCCCC2)c1/C=C/C(=O)OC(C)(C)C. The molecule has 0 unspecified atom stereocenters. The molecule has 1 aliphatic rings. The van der Waals surface area contributed by atoms with Gasteiger partial charge >= 0.3 is 5.97 Å². The summed E-state index contributed by atoms with van der Waals surface area (Å²) in [5, 5.41) is 0. The molecule has 1 saturated carbocycles. The summed E-state index contributed by atoms with van der Waals surface area (Å²) >= 11 is 0. The maximum absolute atomic E-state index is 12.0. The maximum atomic E-state index is 12.0. The number of carbonyl (C=O) groups excluding carboxylic acids is 1. The zero-order chi connectivity index (χ0) is 16.9. The van der Waals surface area contributed by atoms with Gasteiger partial charge in [0.2, 0.25) is 0 Å². The highest BCUT2D eigenvalue weighted by atomic mass is 16.6. The molecule has 1 fully saturated rings. The minimum atomic E-state index is -0.478. The highest BCUT2D eigenvalue weighted by molar-refractivity contribution is 5.88. The van der Waals surface area contributed by atoms with E-state index in [-0.39, 0.29) is 5.97 Å². The quantitative estimate of drug-likeness (QED) is 0.573. The highest BCUT2D eigenvalue weighted by Gasteiger charge is 2.20. The Hall–Kier alpha value is -1.77. The summed E-state index contributed by atoms with van der Waals surface area (Å²) in [7, 11) is 1.67. The van der Waals surface area contributed by atoms with Crippen molar-refractivity contribution in [1.82, 2.24) is 0 Å². The molecule has 2 rings (SSSR count). The highest BCUT2D eigenvalue weighted by Crippen LogP contribution is 2.37. The van der Waals surface area contributed by atoms with E-state index in [1.165, 1.54) is 43.7 Å². The Morgan fingerprint density at radius 3 is 2.48 bits per heavy atom. The van der Waals surface area contributed by atoms with Crippen LogP contribution in [0.5, 0.6) is 5.75 Å². The van der Waals surface area contributed by atoms with Crippen molar-refractivity contribution in [2.75, 3.05) is 7.11 Å². The van der Waals surface area contributed by atoms with E-state index >= 15 is 0 Å². The second-order valence-corrected chi connectivity index (χ2v) is 7.16. The number of esters is 1. The number of hydrogen-bond acceptors (Lipinski definition) is 3. The first-order chi connectivity index (χ1) is 10.9. The molecule has 1 aromatic rings. The minimum absolute atomic E-state index is 0.321. The van der Waals surface area contributed by atoms with E-state index in [0.717, 1.165) is 11.3 Å². The van der Waals surface area contributed by atoms with E-state index in [1.54, 1.807) is 7.11 Å². The van der Waals surface area contributed by atoms with E-state index in [1.807, 2.05) is 39.0 Å². The Morgan fingerprint density at radius 2 is 1.87 bits per heavy atom. The van der Waals surface area contributed by atoms with Gasteiger partial charge in [0.15, 0.2) is 0 Å². The first-order valence-corrected chi connectivity index (χ1v) is 8.48. The van der Waals surface area contributed by atoms with Crippen molar-refractivity contribution in [3.05, 3.63) is 35.4 Å². The summed E-state index contributed by atoms with van der Waals surface area (Å²) in [4.78, 5) is 12.0. The average molecular weight is 316 g/mol.